The number of rotatable bonds is 16. The molecular formula is C28H43O4Si. The van der Waals surface area contributed by atoms with Gasteiger partial charge in [0.25, 0.3) is 0 Å². The van der Waals surface area contributed by atoms with Crippen molar-refractivity contribution in [2.75, 3.05) is 6.61 Å². The molecule has 0 bridgehead atoms. The molecule has 0 atom stereocenters. The van der Waals surface area contributed by atoms with Crippen LogP contribution in [0.5, 0.6) is 11.5 Å². The lowest BCUT2D eigenvalue weighted by molar-refractivity contribution is 0.129. The Morgan fingerprint density at radius 1 is 0.818 bits per heavy atom. The largest absolute Gasteiger partial charge is 0.508 e. The van der Waals surface area contributed by atoms with Crippen LogP contribution in [0.2, 0.25) is 6.04 Å². The van der Waals surface area contributed by atoms with Crippen molar-refractivity contribution in [3.63, 3.8) is 0 Å². The molecule has 2 aromatic rings. The van der Waals surface area contributed by atoms with Crippen LogP contribution >= 0.6 is 0 Å². The smallest absolute Gasteiger partial charge is 0.385 e. The molecule has 1 radical (unpaired) electrons. The quantitative estimate of drug-likeness (QED) is 0.201. The molecule has 2 aromatic carbocycles. The fourth-order valence-electron chi connectivity index (χ4n) is 3.79. The first kappa shape index (κ1) is 27.4. The van der Waals surface area contributed by atoms with E-state index in [2.05, 4.69) is 46.8 Å². The van der Waals surface area contributed by atoms with Crippen molar-refractivity contribution >= 4 is 9.28 Å². The first-order valence-electron chi connectivity index (χ1n) is 12.6. The van der Waals surface area contributed by atoms with Crippen LogP contribution in [-0.4, -0.2) is 33.2 Å². The third-order valence-corrected chi connectivity index (χ3v) is 7.56. The van der Waals surface area contributed by atoms with Gasteiger partial charge in [0.15, 0.2) is 0 Å². The average molecular weight is 472 g/mol. The highest BCUT2D eigenvalue weighted by molar-refractivity contribution is 6.44. The molecule has 0 saturated heterocycles. The fourth-order valence-corrected chi connectivity index (χ4v) is 5.60. The Hall–Kier alpha value is -1.82. The molecule has 5 heteroatoms. The van der Waals surface area contributed by atoms with E-state index in [9.17, 15) is 5.11 Å². The van der Waals surface area contributed by atoms with E-state index >= 15 is 0 Å². The van der Waals surface area contributed by atoms with Crippen molar-refractivity contribution in [3.8, 4) is 22.6 Å². The van der Waals surface area contributed by atoms with E-state index in [-0.39, 0.29) is 12.2 Å². The van der Waals surface area contributed by atoms with Crippen LogP contribution in [0.3, 0.4) is 0 Å². The number of hydrogen-bond acceptors (Lipinski definition) is 4. The molecular weight excluding hydrogens is 428 g/mol. The van der Waals surface area contributed by atoms with Gasteiger partial charge in [0.1, 0.15) is 11.5 Å². The number of aryl methyl sites for hydroxylation is 1. The molecule has 2 rings (SSSR count). The number of benzene rings is 2. The van der Waals surface area contributed by atoms with Crippen molar-refractivity contribution in [2.45, 2.75) is 97.8 Å². The van der Waals surface area contributed by atoms with E-state index in [4.69, 9.17) is 13.6 Å². The summed E-state index contributed by atoms with van der Waals surface area (Å²) in [6.07, 6.45) is 8.38. The molecule has 0 aromatic heterocycles. The summed E-state index contributed by atoms with van der Waals surface area (Å²) in [5.74, 6) is 1.22. The fraction of sp³-hybridized carbons (Fsp3) is 0.571. The minimum atomic E-state index is -1.30. The van der Waals surface area contributed by atoms with Gasteiger partial charge < -0.3 is 18.7 Å². The molecule has 0 aliphatic rings. The molecule has 0 spiro atoms. The summed E-state index contributed by atoms with van der Waals surface area (Å²) in [6.45, 7) is 11.2. The zero-order valence-corrected chi connectivity index (χ0v) is 22.2. The number of aromatic hydroxyl groups is 1. The molecule has 0 aliphatic carbocycles. The number of phenols is 1. The van der Waals surface area contributed by atoms with Gasteiger partial charge in [-0.05, 0) is 94.0 Å². The Morgan fingerprint density at radius 2 is 1.48 bits per heavy atom. The topological polar surface area (TPSA) is 47.9 Å². The maximum atomic E-state index is 10.1. The highest BCUT2D eigenvalue weighted by Gasteiger charge is 2.19. The van der Waals surface area contributed by atoms with Gasteiger partial charge in [-0.2, -0.15) is 0 Å². The summed E-state index contributed by atoms with van der Waals surface area (Å²) < 4.78 is 18.0. The highest BCUT2D eigenvalue weighted by Crippen LogP contribution is 2.30. The van der Waals surface area contributed by atoms with Crippen LogP contribution in [0.25, 0.3) is 11.1 Å². The van der Waals surface area contributed by atoms with Crippen LogP contribution < -0.4 is 4.74 Å². The maximum absolute atomic E-state index is 10.1. The minimum Gasteiger partial charge on any atom is -0.508 e. The Morgan fingerprint density at radius 3 is 2.12 bits per heavy atom. The predicted molar refractivity (Wildman–Crippen MR) is 139 cm³/mol. The third kappa shape index (κ3) is 10.8. The number of hydrogen-bond donors (Lipinski definition) is 1. The lowest BCUT2D eigenvalue weighted by Gasteiger charge is -2.20. The summed E-state index contributed by atoms with van der Waals surface area (Å²) in [5, 5.41) is 10.1. The van der Waals surface area contributed by atoms with Gasteiger partial charge in [-0.3, -0.25) is 0 Å². The lowest BCUT2D eigenvalue weighted by Crippen LogP contribution is -2.29. The van der Waals surface area contributed by atoms with E-state index in [0.29, 0.717) is 5.75 Å². The zero-order chi connectivity index (χ0) is 24.1. The highest BCUT2D eigenvalue weighted by atomic mass is 28.3. The lowest BCUT2D eigenvalue weighted by atomic mass is 9.96. The van der Waals surface area contributed by atoms with Crippen LogP contribution in [0.4, 0.5) is 0 Å². The van der Waals surface area contributed by atoms with Crippen molar-refractivity contribution in [1.29, 1.82) is 0 Å². The van der Waals surface area contributed by atoms with Gasteiger partial charge in [-0.15, -0.1) is 0 Å². The summed E-state index contributed by atoms with van der Waals surface area (Å²) in [6, 6.07) is 14.9. The van der Waals surface area contributed by atoms with Gasteiger partial charge in [0, 0.05) is 12.2 Å². The molecule has 33 heavy (non-hydrogen) atoms. The molecule has 0 aliphatic heterocycles. The molecule has 183 valence electrons. The van der Waals surface area contributed by atoms with E-state index in [1.807, 2.05) is 24.3 Å². The van der Waals surface area contributed by atoms with Crippen molar-refractivity contribution < 1.29 is 18.7 Å². The van der Waals surface area contributed by atoms with Crippen molar-refractivity contribution in [3.05, 3.63) is 48.0 Å². The van der Waals surface area contributed by atoms with E-state index in [1.165, 1.54) is 25.7 Å². The Bertz CT molecular complexity index is 779. The molecule has 0 fully saturated rings. The summed E-state index contributed by atoms with van der Waals surface area (Å²) in [4.78, 5) is 0. The van der Waals surface area contributed by atoms with Crippen LogP contribution in [0.15, 0.2) is 42.5 Å². The Kier molecular flexibility index (Phi) is 12.6. The zero-order valence-electron chi connectivity index (χ0n) is 21.2. The van der Waals surface area contributed by atoms with Crippen LogP contribution in [0, 0.1) is 0 Å². The second-order valence-electron chi connectivity index (χ2n) is 9.19. The number of phenolic OH excluding ortho intramolecular Hbond substituents is 1. The van der Waals surface area contributed by atoms with Gasteiger partial charge in [-0.1, -0.05) is 50.8 Å². The SMILES string of the molecule is CCCCCCCOc1ccc(-c2ccc(O)cc2CCC[Si](OC(C)C)OC(C)C)cc1. The van der Waals surface area contributed by atoms with Crippen LogP contribution in [0.1, 0.15) is 78.7 Å². The Balaban J connectivity index is 1.96. The first-order chi connectivity index (χ1) is 15.9. The van der Waals surface area contributed by atoms with Gasteiger partial charge >= 0.3 is 9.28 Å². The van der Waals surface area contributed by atoms with E-state index in [1.54, 1.807) is 6.07 Å². The van der Waals surface area contributed by atoms with Gasteiger partial charge in [0.05, 0.1) is 6.61 Å². The second-order valence-corrected chi connectivity index (χ2v) is 10.9. The molecule has 4 nitrogen and oxygen atoms in total. The van der Waals surface area contributed by atoms with Gasteiger partial charge in [0.2, 0.25) is 0 Å². The normalized spacial score (nSPS) is 11.6. The first-order valence-corrected chi connectivity index (χ1v) is 14.2. The second kappa shape index (κ2) is 15.2. The maximum Gasteiger partial charge on any atom is 0.385 e. The summed E-state index contributed by atoms with van der Waals surface area (Å²) >= 11 is 0. The van der Waals surface area contributed by atoms with Gasteiger partial charge in [-0.25, -0.2) is 0 Å². The molecule has 1 N–H and O–H groups in total. The van der Waals surface area contributed by atoms with Crippen molar-refractivity contribution in [1.82, 2.24) is 0 Å². The van der Waals surface area contributed by atoms with E-state index in [0.717, 1.165) is 54.4 Å². The summed E-state index contributed by atoms with van der Waals surface area (Å²) in [5.41, 5.74) is 3.44. The molecule has 0 unspecified atom stereocenters. The predicted octanol–water partition coefficient (Wildman–Crippen LogP) is 7.68. The Labute approximate surface area is 203 Å². The number of unbranched alkanes of at least 4 members (excludes halogenated alkanes) is 4. The molecule has 0 saturated carbocycles. The average Bonchev–Trinajstić information content (AvgIpc) is 2.76. The monoisotopic (exact) mass is 471 g/mol. The minimum absolute atomic E-state index is 0.172. The molecule has 0 heterocycles. The third-order valence-electron chi connectivity index (χ3n) is 5.33. The number of ether oxygens (including phenoxy) is 1. The van der Waals surface area contributed by atoms with Crippen LogP contribution in [-0.2, 0) is 15.3 Å². The van der Waals surface area contributed by atoms with E-state index < -0.39 is 9.28 Å². The van der Waals surface area contributed by atoms with Crippen molar-refractivity contribution in [2.24, 2.45) is 0 Å². The molecule has 0 amide bonds. The summed E-state index contributed by atoms with van der Waals surface area (Å²) in [7, 11) is -1.30. The standard InChI is InChI=1S/C28H43O4Si/c1-6-7-8-9-10-19-30-27-16-13-24(14-17-27)28-18-15-26(29)21-25(28)12-11-20-33(31-22(2)3)32-23(4)5/h13-18,21-23,29H,6-12,19-20H2,1-5H3.